The lowest BCUT2D eigenvalue weighted by Crippen LogP contribution is -2.08. The van der Waals surface area contributed by atoms with E-state index in [0.29, 0.717) is 0 Å². The van der Waals surface area contributed by atoms with Crippen molar-refractivity contribution in [3.63, 3.8) is 0 Å². The normalized spacial score (nSPS) is 10.4. The zero-order chi connectivity index (χ0) is 8.36. The number of ether oxygens (including phenoxy) is 1. The smallest absolute Gasteiger partial charge is 0.0607 e. The Labute approximate surface area is 70.3 Å². The Balaban J connectivity index is 2.69. The highest BCUT2D eigenvalue weighted by Gasteiger charge is 1.88. The third kappa shape index (κ3) is 9.92. The zero-order valence-corrected chi connectivity index (χ0v) is 7.81. The fraction of sp³-hybridized carbons (Fsp3) is 1.00. The van der Waals surface area contributed by atoms with Gasteiger partial charge in [0.1, 0.15) is 0 Å². The summed E-state index contributed by atoms with van der Waals surface area (Å²) >= 11 is 0. The maximum Gasteiger partial charge on any atom is 0.0607 e. The molecule has 2 heteroatoms. The minimum atomic E-state index is 0.794. The Morgan fingerprint density at radius 1 is 1.09 bits per heavy atom. The third-order valence-corrected chi connectivity index (χ3v) is 1.60. The molecule has 0 aliphatic carbocycles. The van der Waals surface area contributed by atoms with Crippen LogP contribution in [0.4, 0.5) is 0 Å². The molecule has 0 N–H and O–H groups in total. The van der Waals surface area contributed by atoms with Gasteiger partial charge in [-0.05, 0) is 6.42 Å². The first-order valence-electron chi connectivity index (χ1n) is 4.55. The van der Waals surface area contributed by atoms with Crippen molar-refractivity contribution in [2.75, 3.05) is 26.8 Å². The predicted octanol–water partition coefficient (Wildman–Crippen LogP) is 1.82. The second kappa shape index (κ2) is 9.92. The highest BCUT2D eigenvalue weighted by Crippen LogP contribution is 1.98. The molecule has 0 saturated carbocycles. The van der Waals surface area contributed by atoms with Crippen LogP contribution in [-0.2, 0) is 4.74 Å². The van der Waals surface area contributed by atoms with E-state index in [2.05, 4.69) is 12.2 Å². The first kappa shape index (κ1) is 10.9. The SMILES string of the molecule is CCCCCCOCC[N]C. The Hall–Kier alpha value is -0.0800. The fourth-order valence-electron chi connectivity index (χ4n) is 0.889. The van der Waals surface area contributed by atoms with Gasteiger partial charge in [-0.25, -0.2) is 5.32 Å². The molecule has 0 aliphatic rings. The van der Waals surface area contributed by atoms with E-state index in [9.17, 15) is 0 Å². The van der Waals surface area contributed by atoms with E-state index in [1.54, 1.807) is 0 Å². The van der Waals surface area contributed by atoms with Crippen LogP contribution in [0.3, 0.4) is 0 Å². The lowest BCUT2D eigenvalue weighted by atomic mass is 10.2. The number of nitrogens with zero attached hydrogens (tertiary/aromatic N) is 1. The van der Waals surface area contributed by atoms with Crippen molar-refractivity contribution in [1.82, 2.24) is 5.32 Å². The van der Waals surface area contributed by atoms with Crippen LogP contribution in [-0.4, -0.2) is 26.8 Å². The lowest BCUT2D eigenvalue weighted by molar-refractivity contribution is 0.132. The second-order valence-electron chi connectivity index (χ2n) is 2.71. The molecular weight excluding hydrogens is 138 g/mol. The van der Waals surface area contributed by atoms with Crippen LogP contribution in [0.1, 0.15) is 32.6 Å². The number of rotatable bonds is 8. The summed E-state index contributed by atoms with van der Waals surface area (Å²) < 4.78 is 5.33. The molecule has 11 heavy (non-hydrogen) atoms. The quantitative estimate of drug-likeness (QED) is 0.494. The van der Waals surface area contributed by atoms with E-state index in [1.807, 2.05) is 7.05 Å². The van der Waals surface area contributed by atoms with E-state index in [-0.39, 0.29) is 0 Å². The molecule has 1 radical (unpaired) electrons. The van der Waals surface area contributed by atoms with Crippen molar-refractivity contribution in [2.24, 2.45) is 0 Å². The Bertz CT molecular complexity index is 58.6. The number of unbranched alkanes of at least 4 members (excludes halogenated alkanes) is 3. The number of hydrogen-bond donors (Lipinski definition) is 0. The van der Waals surface area contributed by atoms with Crippen LogP contribution in [0, 0.1) is 0 Å². The molecule has 0 amide bonds. The van der Waals surface area contributed by atoms with Gasteiger partial charge >= 0.3 is 0 Å². The monoisotopic (exact) mass is 158 g/mol. The van der Waals surface area contributed by atoms with Crippen molar-refractivity contribution in [2.45, 2.75) is 32.6 Å². The van der Waals surface area contributed by atoms with Crippen molar-refractivity contribution in [1.29, 1.82) is 0 Å². The molecule has 0 unspecified atom stereocenters. The van der Waals surface area contributed by atoms with E-state index < -0.39 is 0 Å². The summed E-state index contributed by atoms with van der Waals surface area (Å²) in [5.41, 5.74) is 0. The first-order chi connectivity index (χ1) is 5.41. The maximum atomic E-state index is 5.33. The van der Waals surface area contributed by atoms with E-state index in [4.69, 9.17) is 4.74 Å². The van der Waals surface area contributed by atoms with Gasteiger partial charge in [0.25, 0.3) is 0 Å². The van der Waals surface area contributed by atoms with Gasteiger partial charge in [0.2, 0.25) is 0 Å². The Morgan fingerprint density at radius 3 is 2.55 bits per heavy atom. The molecule has 0 bridgehead atoms. The van der Waals surface area contributed by atoms with Gasteiger partial charge in [-0.1, -0.05) is 26.2 Å². The standard InChI is InChI=1S/C9H20NO/c1-3-4-5-6-8-11-9-7-10-2/h3-9H2,1-2H3. The average molecular weight is 158 g/mol. The fourth-order valence-corrected chi connectivity index (χ4v) is 0.889. The van der Waals surface area contributed by atoms with Crippen LogP contribution in [0.5, 0.6) is 0 Å². The summed E-state index contributed by atoms with van der Waals surface area (Å²) in [7, 11) is 1.82. The van der Waals surface area contributed by atoms with Crippen LogP contribution >= 0.6 is 0 Å². The van der Waals surface area contributed by atoms with Crippen molar-refractivity contribution in [3.8, 4) is 0 Å². The van der Waals surface area contributed by atoms with Gasteiger partial charge in [-0.15, -0.1) is 0 Å². The van der Waals surface area contributed by atoms with Crippen LogP contribution in [0.25, 0.3) is 0 Å². The first-order valence-corrected chi connectivity index (χ1v) is 4.55. The van der Waals surface area contributed by atoms with E-state index >= 15 is 0 Å². The third-order valence-electron chi connectivity index (χ3n) is 1.60. The lowest BCUT2D eigenvalue weighted by Gasteiger charge is -2.01. The predicted molar refractivity (Wildman–Crippen MR) is 47.9 cm³/mol. The average Bonchev–Trinajstić information content (AvgIpc) is 2.03. The molecule has 67 valence electrons. The minimum absolute atomic E-state index is 0.794. The van der Waals surface area contributed by atoms with Gasteiger partial charge < -0.3 is 4.74 Å². The van der Waals surface area contributed by atoms with Crippen molar-refractivity contribution < 1.29 is 4.74 Å². The van der Waals surface area contributed by atoms with Gasteiger partial charge in [0.05, 0.1) is 6.61 Å². The molecule has 0 aromatic heterocycles. The summed E-state index contributed by atoms with van der Waals surface area (Å²) in [4.78, 5) is 0. The van der Waals surface area contributed by atoms with Gasteiger partial charge in [-0.3, -0.25) is 0 Å². The number of likely N-dealkylation sites (N-methyl/N-ethyl adjacent to an activating group) is 1. The molecule has 0 saturated heterocycles. The van der Waals surface area contributed by atoms with Gasteiger partial charge in [0.15, 0.2) is 0 Å². The molecule has 0 heterocycles. The van der Waals surface area contributed by atoms with Crippen molar-refractivity contribution in [3.05, 3.63) is 0 Å². The van der Waals surface area contributed by atoms with E-state index in [0.717, 1.165) is 19.8 Å². The molecule has 0 spiro atoms. The maximum absolute atomic E-state index is 5.33. The second-order valence-corrected chi connectivity index (χ2v) is 2.71. The highest BCUT2D eigenvalue weighted by molar-refractivity contribution is 4.40. The van der Waals surface area contributed by atoms with Crippen molar-refractivity contribution >= 4 is 0 Å². The van der Waals surface area contributed by atoms with Crippen LogP contribution in [0.2, 0.25) is 0 Å². The van der Waals surface area contributed by atoms with E-state index in [1.165, 1.54) is 25.7 Å². The Morgan fingerprint density at radius 2 is 1.91 bits per heavy atom. The molecular formula is C9H20NO. The van der Waals surface area contributed by atoms with Crippen LogP contribution < -0.4 is 5.32 Å². The Kier molecular flexibility index (Phi) is 9.85. The molecule has 0 atom stereocenters. The molecule has 2 nitrogen and oxygen atoms in total. The summed E-state index contributed by atoms with van der Waals surface area (Å²) in [5.74, 6) is 0. The van der Waals surface area contributed by atoms with Gasteiger partial charge in [-0.2, -0.15) is 0 Å². The summed E-state index contributed by atoms with van der Waals surface area (Å²) in [5, 5.41) is 3.94. The molecule has 0 aromatic carbocycles. The molecule has 0 rings (SSSR count). The summed E-state index contributed by atoms with van der Waals surface area (Å²) in [6.07, 6.45) is 5.14. The molecule has 0 aromatic rings. The summed E-state index contributed by atoms with van der Waals surface area (Å²) in [6.45, 7) is 4.77. The van der Waals surface area contributed by atoms with Gasteiger partial charge in [0, 0.05) is 20.2 Å². The van der Waals surface area contributed by atoms with Crippen LogP contribution in [0.15, 0.2) is 0 Å². The topological polar surface area (TPSA) is 23.3 Å². The molecule has 0 aliphatic heterocycles. The largest absolute Gasteiger partial charge is 0.380 e. The number of hydrogen-bond acceptors (Lipinski definition) is 1. The minimum Gasteiger partial charge on any atom is -0.380 e. The summed E-state index contributed by atoms with van der Waals surface area (Å²) in [6, 6.07) is 0. The zero-order valence-electron chi connectivity index (χ0n) is 7.81. The highest BCUT2D eigenvalue weighted by atomic mass is 16.5. The molecule has 0 fully saturated rings.